The van der Waals surface area contributed by atoms with E-state index in [1.807, 2.05) is 19.1 Å². The number of carbonyl (C=O) groups is 2. The number of nitrogens with zero attached hydrogens (tertiary/aromatic N) is 2. The van der Waals surface area contributed by atoms with Crippen molar-refractivity contribution in [2.75, 3.05) is 31.6 Å². The molecule has 1 N–H and O–H groups in total. The van der Waals surface area contributed by atoms with Crippen molar-refractivity contribution < 1.29 is 14.3 Å². The molecule has 6 nitrogen and oxygen atoms in total. The minimum absolute atomic E-state index is 0.0746. The zero-order valence-electron chi connectivity index (χ0n) is 17.7. The number of hydrogen-bond donors (Lipinski definition) is 1. The van der Waals surface area contributed by atoms with Gasteiger partial charge >= 0.3 is 5.97 Å². The number of carbonyl (C=O) groups excluding carboxylic acids is 2. The van der Waals surface area contributed by atoms with Crippen LogP contribution in [0.2, 0.25) is 5.02 Å². The number of amides is 1. The highest BCUT2D eigenvalue weighted by Crippen LogP contribution is 2.41. The van der Waals surface area contributed by atoms with Crippen LogP contribution in [0.4, 0.5) is 5.00 Å². The fourth-order valence-corrected chi connectivity index (χ4v) is 5.03. The van der Waals surface area contributed by atoms with E-state index in [1.54, 1.807) is 19.1 Å². The Hall–Kier alpha value is -2.40. The summed E-state index contributed by atoms with van der Waals surface area (Å²) in [5.41, 5.74) is 2.01. The maximum Gasteiger partial charge on any atom is 0.341 e. The largest absolute Gasteiger partial charge is 0.462 e. The van der Waals surface area contributed by atoms with Crippen molar-refractivity contribution in [1.29, 1.82) is 5.26 Å². The number of anilines is 1. The third kappa shape index (κ3) is 5.65. The normalized spacial score (nSPS) is 14.8. The number of thiophene rings is 1. The van der Waals surface area contributed by atoms with Gasteiger partial charge in [-0.1, -0.05) is 23.7 Å². The second-order valence-corrected chi connectivity index (χ2v) is 9.14. The van der Waals surface area contributed by atoms with Crippen LogP contribution < -0.4 is 5.32 Å². The summed E-state index contributed by atoms with van der Waals surface area (Å²) in [6.07, 6.45) is 1.97. The van der Waals surface area contributed by atoms with Crippen molar-refractivity contribution in [2.45, 2.75) is 33.1 Å². The van der Waals surface area contributed by atoms with E-state index in [-0.39, 0.29) is 18.4 Å². The number of halogens is 1. The molecular weight excluding hydrogens is 434 g/mol. The molecule has 1 amide bonds. The molecule has 0 spiro atoms. The highest BCUT2D eigenvalue weighted by atomic mass is 35.5. The Morgan fingerprint density at radius 3 is 2.58 bits per heavy atom. The van der Waals surface area contributed by atoms with Gasteiger partial charge in [0.25, 0.3) is 0 Å². The molecule has 0 radical (unpaired) electrons. The van der Waals surface area contributed by atoms with Crippen LogP contribution in [0.25, 0.3) is 11.1 Å². The van der Waals surface area contributed by atoms with Crippen molar-refractivity contribution in [2.24, 2.45) is 5.92 Å². The number of likely N-dealkylation sites (tertiary alicyclic amines) is 1. The summed E-state index contributed by atoms with van der Waals surface area (Å²) >= 11 is 7.41. The molecule has 0 aliphatic carbocycles. The molecule has 1 aromatic heterocycles. The Morgan fingerprint density at radius 2 is 1.97 bits per heavy atom. The first-order chi connectivity index (χ1) is 14.9. The number of rotatable bonds is 7. The quantitative estimate of drug-likeness (QED) is 0.581. The summed E-state index contributed by atoms with van der Waals surface area (Å²) in [5, 5.41) is 12.9. The minimum Gasteiger partial charge on any atom is -0.462 e. The number of piperidine rings is 1. The summed E-state index contributed by atoms with van der Waals surface area (Å²) in [5.74, 6) is -0.637. The van der Waals surface area contributed by atoms with Crippen LogP contribution in [0.5, 0.6) is 0 Å². The third-order valence-electron chi connectivity index (χ3n) is 5.43. The standard InChI is InChI=1S/C23H26ClN3O3S/c1-3-30-23(29)20-19(16-5-7-18(24)8-6-16)15(2)31-22(20)26-21(28)17-9-13-27(14-10-17)12-4-11-25/h5-8,17H,3-4,9-10,12-14H2,1-2H3,(H,26,28). The van der Waals surface area contributed by atoms with Crippen molar-refractivity contribution in [3.8, 4) is 17.2 Å². The lowest BCUT2D eigenvalue weighted by molar-refractivity contribution is -0.121. The van der Waals surface area contributed by atoms with Gasteiger partial charge in [-0.15, -0.1) is 11.3 Å². The monoisotopic (exact) mass is 459 g/mol. The highest BCUT2D eigenvalue weighted by molar-refractivity contribution is 7.17. The Morgan fingerprint density at radius 1 is 1.29 bits per heavy atom. The lowest BCUT2D eigenvalue weighted by atomic mass is 9.95. The lowest BCUT2D eigenvalue weighted by Crippen LogP contribution is -2.38. The first-order valence-corrected chi connectivity index (χ1v) is 11.6. The molecule has 0 saturated carbocycles. The van der Waals surface area contributed by atoms with Crippen LogP contribution in [0.1, 0.15) is 41.4 Å². The van der Waals surface area contributed by atoms with E-state index < -0.39 is 5.97 Å². The number of esters is 1. The van der Waals surface area contributed by atoms with Crippen LogP contribution in [-0.4, -0.2) is 43.0 Å². The molecule has 1 fully saturated rings. The van der Waals surface area contributed by atoms with E-state index in [0.717, 1.165) is 48.5 Å². The maximum absolute atomic E-state index is 13.0. The van der Waals surface area contributed by atoms with Gasteiger partial charge in [0.2, 0.25) is 5.91 Å². The molecule has 0 bridgehead atoms. The van der Waals surface area contributed by atoms with Gasteiger partial charge in [-0.05, 0) is 57.5 Å². The fourth-order valence-electron chi connectivity index (χ4n) is 3.84. The van der Waals surface area contributed by atoms with E-state index in [9.17, 15) is 9.59 Å². The lowest BCUT2D eigenvalue weighted by Gasteiger charge is -2.30. The van der Waals surface area contributed by atoms with Gasteiger partial charge in [0, 0.05) is 34.3 Å². The van der Waals surface area contributed by atoms with E-state index in [4.69, 9.17) is 21.6 Å². The van der Waals surface area contributed by atoms with Crippen molar-refractivity contribution in [3.05, 3.63) is 39.7 Å². The average Bonchev–Trinajstić information content (AvgIpc) is 3.09. The predicted octanol–water partition coefficient (Wildman–Crippen LogP) is 5.12. The van der Waals surface area contributed by atoms with Gasteiger partial charge in [-0.25, -0.2) is 4.79 Å². The number of aryl methyl sites for hydroxylation is 1. The highest BCUT2D eigenvalue weighted by Gasteiger charge is 2.29. The van der Waals surface area contributed by atoms with Gasteiger partial charge in [-0.2, -0.15) is 5.26 Å². The van der Waals surface area contributed by atoms with Gasteiger partial charge < -0.3 is 15.0 Å². The second-order valence-electron chi connectivity index (χ2n) is 7.48. The number of benzene rings is 1. The molecule has 164 valence electrons. The molecule has 0 unspecified atom stereocenters. The first-order valence-electron chi connectivity index (χ1n) is 10.4. The van der Waals surface area contributed by atoms with E-state index in [0.29, 0.717) is 22.0 Å². The summed E-state index contributed by atoms with van der Waals surface area (Å²) in [7, 11) is 0. The van der Waals surface area contributed by atoms with Gasteiger partial charge in [-0.3, -0.25) is 4.79 Å². The number of ether oxygens (including phenoxy) is 1. The van der Waals surface area contributed by atoms with E-state index >= 15 is 0 Å². The molecule has 1 aliphatic heterocycles. The summed E-state index contributed by atoms with van der Waals surface area (Å²) in [4.78, 5) is 28.9. The molecule has 0 atom stereocenters. The average molecular weight is 460 g/mol. The first kappa shape index (κ1) is 23.3. The minimum atomic E-state index is -0.446. The van der Waals surface area contributed by atoms with Crippen LogP contribution in [0, 0.1) is 24.2 Å². The molecule has 2 heterocycles. The van der Waals surface area contributed by atoms with Crippen LogP contribution in [0.3, 0.4) is 0 Å². The Balaban J connectivity index is 1.82. The van der Waals surface area contributed by atoms with Gasteiger partial charge in [0.1, 0.15) is 10.6 Å². The summed E-state index contributed by atoms with van der Waals surface area (Å²) in [6, 6.07) is 9.45. The smallest absolute Gasteiger partial charge is 0.341 e. The number of nitrogens with one attached hydrogen (secondary N) is 1. The predicted molar refractivity (Wildman–Crippen MR) is 123 cm³/mol. The topological polar surface area (TPSA) is 82.4 Å². The van der Waals surface area contributed by atoms with Crippen LogP contribution in [0.15, 0.2) is 24.3 Å². The maximum atomic E-state index is 13.0. The molecule has 1 aromatic carbocycles. The molecule has 31 heavy (non-hydrogen) atoms. The molecule has 1 saturated heterocycles. The SMILES string of the molecule is CCOC(=O)c1c(NC(=O)C2CCN(CCC#N)CC2)sc(C)c1-c1ccc(Cl)cc1. The Kier molecular flexibility index (Phi) is 8.08. The van der Waals surface area contributed by atoms with Crippen molar-refractivity contribution >= 4 is 39.8 Å². The van der Waals surface area contributed by atoms with Crippen LogP contribution in [-0.2, 0) is 9.53 Å². The second kappa shape index (κ2) is 10.8. The van der Waals surface area contributed by atoms with Crippen LogP contribution >= 0.6 is 22.9 Å². The van der Waals surface area contributed by atoms with Crippen molar-refractivity contribution in [1.82, 2.24) is 4.90 Å². The molecule has 1 aliphatic rings. The summed E-state index contributed by atoms with van der Waals surface area (Å²) < 4.78 is 5.30. The Bertz CT molecular complexity index is 973. The van der Waals surface area contributed by atoms with E-state index in [2.05, 4.69) is 16.3 Å². The number of hydrogen-bond acceptors (Lipinski definition) is 6. The molecular formula is C23H26ClN3O3S. The summed E-state index contributed by atoms with van der Waals surface area (Å²) in [6.45, 7) is 6.28. The van der Waals surface area contributed by atoms with Gasteiger partial charge in [0.15, 0.2) is 0 Å². The van der Waals surface area contributed by atoms with Gasteiger partial charge in [0.05, 0.1) is 12.7 Å². The molecule has 2 aromatic rings. The zero-order chi connectivity index (χ0) is 22.4. The Labute approximate surface area is 191 Å². The van der Waals surface area contributed by atoms with Crippen molar-refractivity contribution in [3.63, 3.8) is 0 Å². The zero-order valence-corrected chi connectivity index (χ0v) is 19.3. The fraction of sp³-hybridized carbons (Fsp3) is 0.435. The number of nitriles is 1. The third-order valence-corrected chi connectivity index (χ3v) is 6.70. The van der Waals surface area contributed by atoms with E-state index in [1.165, 1.54) is 11.3 Å². The molecule has 8 heteroatoms. The molecule has 3 rings (SSSR count).